The highest BCUT2D eigenvalue weighted by molar-refractivity contribution is 5.80. The van der Waals surface area contributed by atoms with Crippen LogP contribution in [0.25, 0.3) is 11.1 Å². The number of hydrogen-bond acceptors (Lipinski definition) is 4. The van der Waals surface area contributed by atoms with E-state index in [4.69, 9.17) is 4.74 Å². The molecule has 1 fully saturated rings. The number of ether oxygens (including phenoxy) is 1. The zero-order valence-corrected chi connectivity index (χ0v) is 20.4. The van der Waals surface area contributed by atoms with E-state index in [0.29, 0.717) is 12.8 Å². The first-order valence-electron chi connectivity index (χ1n) is 12.4. The van der Waals surface area contributed by atoms with Crippen LogP contribution in [0.2, 0.25) is 0 Å². The Bertz CT molecular complexity index is 1040. The Labute approximate surface area is 206 Å². The number of nitrogens with one attached hydrogen (secondary N) is 2. The van der Waals surface area contributed by atoms with Crippen LogP contribution in [0.5, 0.6) is 0 Å². The molecule has 2 aliphatic rings. The molecule has 0 unspecified atom stereocenters. The number of alkyl carbamates (subject to hydrolysis) is 1. The van der Waals surface area contributed by atoms with E-state index in [1.807, 2.05) is 38.1 Å². The zero-order valence-electron chi connectivity index (χ0n) is 20.4. The van der Waals surface area contributed by atoms with Crippen molar-refractivity contribution in [3.8, 4) is 11.1 Å². The number of carboxylic acid groups (broad SMARTS) is 1. The number of hydrogen-bond donors (Lipinski definition) is 3. The number of aliphatic carboxylic acids is 1. The molecule has 2 amide bonds. The Hall–Kier alpha value is -3.35. The SMILES string of the molecule is CC(C)[C@@H](CC(=O)NC1(CC(=O)O)CCCC1)NC(=O)OCC1c2ccccc2-c2ccccc21. The molecular formula is C28H34N2O5. The van der Waals surface area contributed by atoms with E-state index >= 15 is 0 Å². The van der Waals surface area contributed by atoms with Crippen LogP contribution < -0.4 is 10.6 Å². The molecule has 0 aromatic heterocycles. The molecule has 0 spiro atoms. The maximum absolute atomic E-state index is 12.8. The van der Waals surface area contributed by atoms with Gasteiger partial charge in [0.1, 0.15) is 6.61 Å². The lowest BCUT2D eigenvalue weighted by atomic mass is 9.92. The fraction of sp³-hybridized carbons (Fsp3) is 0.464. The van der Waals surface area contributed by atoms with Crippen LogP contribution in [0.3, 0.4) is 0 Å². The summed E-state index contributed by atoms with van der Waals surface area (Å²) in [4.78, 5) is 36.9. The van der Waals surface area contributed by atoms with Gasteiger partial charge in [-0.15, -0.1) is 0 Å². The summed E-state index contributed by atoms with van der Waals surface area (Å²) < 4.78 is 5.65. The van der Waals surface area contributed by atoms with Crippen LogP contribution in [0.15, 0.2) is 48.5 Å². The standard InChI is InChI=1S/C28H34N2O5/c1-18(2)24(15-25(31)30-28(16-26(32)33)13-7-8-14-28)29-27(34)35-17-23-21-11-5-3-9-19(21)20-10-4-6-12-22(20)23/h3-6,9-12,18,23-24H,7-8,13-17H2,1-2H3,(H,29,34)(H,30,31)(H,32,33)/t24-/m1/s1. The predicted octanol–water partition coefficient (Wildman–Crippen LogP) is 4.84. The monoisotopic (exact) mass is 478 g/mol. The van der Waals surface area contributed by atoms with Crippen molar-refractivity contribution in [2.45, 2.75) is 69.9 Å². The molecule has 3 N–H and O–H groups in total. The molecule has 0 heterocycles. The number of rotatable bonds is 9. The summed E-state index contributed by atoms with van der Waals surface area (Å²) in [6.45, 7) is 4.08. The van der Waals surface area contributed by atoms with Crippen LogP contribution in [0.4, 0.5) is 4.79 Å². The van der Waals surface area contributed by atoms with Gasteiger partial charge in [-0.2, -0.15) is 0 Å². The van der Waals surface area contributed by atoms with E-state index in [-0.39, 0.29) is 37.2 Å². The minimum atomic E-state index is -0.913. The maximum Gasteiger partial charge on any atom is 0.407 e. The van der Waals surface area contributed by atoms with Crippen molar-refractivity contribution in [1.82, 2.24) is 10.6 Å². The molecule has 1 atom stereocenters. The van der Waals surface area contributed by atoms with Gasteiger partial charge in [-0.05, 0) is 41.0 Å². The van der Waals surface area contributed by atoms with E-state index in [2.05, 4.69) is 34.9 Å². The smallest absolute Gasteiger partial charge is 0.407 e. The van der Waals surface area contributed by atoms with Crippen molar-refractivity contribution >= 4 is 18.0 Å². The molecule has 4 rings (SSSR count). The van der Waals surface area contributed by atoms with Crippen molar-refractivity contribution in [2.75, 3.05) is 6.61 Å². The third kappa shape index (κ3) is 5.66. The summed E-state index contributed by atoms with van der Waals surface area (Å²) >= 11 is 0. The molecule has 186 valence electrons. The Kier molecular flexibility index (Phi) is 7.43. The normalized spacial score (nSPS) is 16.9. The highest BCUT2D eigenvalue weighted by Crippen LogP contribution is 2.44. The minimum absolute atomic E-state index is 0.000217. The third-order valence-corrected chi connectivity index (χ3v) is 7.31. The lowest BCUT2D eigenvalue weighted by molar-refractivity contribution is -0.139. The Morgan fingerprint density at radius 1 is 1.00 bits per heavy atom. The highest BCUT2D eigenvalue weighted by atomic mass is 16.5. The van der Waals surface area contributed by atoms with Gasteiger partial charge < -0.3 is 20.5 Å². The molecule has 7 nitrogen and oxygen atoms in total. The predicted molar refractivity (Wildman–Crippen MR) is 133 cm³/mol. The van der Waals surface area contributed by atoms with Gasteiger partial charge in [-0.25, -0.2) is 4.79 Å². The first kappa shape index (κ1) is 24.8. The van der Waals surface area contributed by atoms with Crippen molar-refractivity contribution < 1.29 is 24.2 Å². The second-order valence-electron chi connectivity index (χ2n) is 10.1. The van der Waals surface area contributed by atoms with Gasteiger partial charge >= 0.3 is 12.1 Å². The van der Waals surface area contributed by atoms with Crippen molar-refractivity contribution in [2.24, 2.45) is 5.92 Å². The molecule has 2 aromatic carbocycles. The summed E-state index contributed by atoms with van der Waals surface area (Å²) in [6.07, 6.45) is 2.57. The van der Waals surface area contributed by atoms with Gasteiger partial charge in [0, 0.05) is 18.4 Å². The largest absolute Gasteiger partial charge is 0.481 e. The van der Waals surface area contributed by atoms with Gasteiger partial charge in [-0.3, -0.25) is 9.59 Å². The number of carboxylic acids is 1. The summed E-state index contributed by atoms with van der Waals surface area (Å²) in [6, 6.07) is 15.9. The molecule has 0 saturated heterocycles. The average molecular weight is 479 g/mol. The van der Waals surface area contributed by atoms with Gasteiger partial charge in [-0.1, -0.05) is 75.2 Å². The molecule has 1 saturated carbocycles. The molecule has 2 aliphatic carbocycles. The average Bonchev–Trinajstić information content (AvgIpc) is 3.39. The van der Waals surface area contributed by atoms with E-state index in [1.165, 1.54) is 0 Å². The van der Waals surface area contributed by atoms with Crippen molar-refractivity contribution in [1.29, 1.82) is 0 Å². The Morgan fingerprint density at radius 3 is 2.11 bits per heavy atom. The molecule has 0 aliphatic heterocycles. The second kappa shape index (κ2) is 10.5. The number of benzene rings is 2. The van der Waals surface area contributed by atoms with Crippen LogP contribution in [0, 0.1) is 5.92 Å². The first-order valence-corrected chi connectivity index (χ1v) is 12.4. The van der Waals surface area contributed by atoms with Crippen LogP contribution in [-0.4, -0.2) is 41.3 Å². The van der Waals surface area contributed by atoms with Crippen LogP contribution in [-0.2, 0) is 14.3 Å². The van der Waals surface area contributed by atoms with Gasteiger partial charge in [0.25, 0.3) is 0 Å². The first-order chi connectivity index (χ1) is 16.8. The van der Waals surface area contributed by atoms with Crippen LogP contribution >= 0.6 is 0 Å². The van der Waals surface area contributed by atoms with Crippen molar-refractivity contribution in [3.05, 3.63) is 59.7 Å². The lowest BCUT2D eigenvalue weighted by Crippen LogP contribution is -2.50. The second-order valence-corrected chi connectivity index (χ2v) is 10.1. The molecular weight excluding hydrogens is 444 g/mol. The van der Waals surface area contributed by atoms with E-state index in [9.17, 15) is 19.5 Å². The fourth-order valence-electron chi connectivity index (χ4n) is 5.48. The number of amides is 2. The minimum Gasteiger partial charge on any atom is -0.481 e. The van der Waals surface area contributed by atoms with Gasteiger partial charge in [0.2, 0.25) is 5.91 Å². The zero-order chi connectivity index (χ0) is 25.0. The lowest BCUT2D eigenvalue weighted by Gasteiger charge is -2.30. The molecule has 0 radical (unpaired) electrons. The van der Waals surface area contributed by atoms with Gasteiger partial charge in [0.15, 0.2) is 0 Å². The number of carbonyl (C=O) groups excluding carboxylic acids is 2. The topological polar surface area (TPSA) is 105 Å². The molecule has 0 bridgehead atoms. The Balaban J connectivity index is 1.36. The summed E-state index contributed by atoms with van der Waals surface area (Å²) in [5.74, 6) is -1.19. The number of fused-ring (bicyclic) bond motifs is 3. The summed E-state index contributed by atoms with van der Waals surface area (Å²) in [7, 11) is 0. The summed E-state index contributed by atoms with van der Waals surface area (Å²) in [5, 5.41) is 15.1. The molecule has 7 heteroatoms. The third-order valence-electron chi connectivity index (χ3n) is 7.31. The number of carbonyl (C=O) groups is 3. The van der Waals surface area contributed by atoms with E-state index in [1.54, 1.807) is 0 Å². The van der Waals surface area contributed by atoms with Gasteiger partial charge in [0.05, 0.1) is 12.0 Å². The van der Waals surface area contributed by atoms with Crippen molar-refractivity contribution in [3.63, 3.8) is 0 Å². The quantitative estimate of drug-likeness (QED) is 0.478. The van der Waals surface area contributed by atoms with E-state index in [0.717, 1.165) is 35.1 Å². The summed E-state index contributed by atoms with van der Waals surface area (Å²) in [5.41, 5.74) is 3.92. The Morgan fingerprint density at radius 2 is 1.57 bits per heavy atom. The fourth-order valence-corrected chi connectivity index (χ4v) is 5.48. The maximum atomic E-state index is 12.8. The van der Waals surface area contributed by atoms with E-state index < -0.39 is 23.6 Å². The van der Waals surface area contributed by atoms with Crippen LogP contribution in [0.1, 0.15) is 69.4 Å². The molecule has 35 heavy (non-hydrogen) atoms. The highest BCUT2D eigenvalue weighted by Gasteiger charge is 2.38. The molecule has 2 aromatic rings.